The Morgan fingerprint density at radius 1 is 1.11 bits per heavy atom. The summed E-state index contributed by atoms with van der Waals surface area (Å²) >= 11 is 0. The number of nitrogens with one attached hydrogen (secondary N) is 2. The van der Waals surface area contributed by atoms with E-state index in [9.17, 15) is 4.79 Å². The van der Waals surface area contributed by atoms with E-state index >= 15 is 0 Å². The van der Waals surface area contributed by atoms with E-state index in [2.05, 4.69) is 37.8 Å². The molecule has 0 unspecified atom stereocenters. The Bertz CT molecular complexity index is 737. The second-order valence-corrected chi connectivity index (χ2v) is 6.68. The molecule has 0 radical (unpaired) electrons. The van der Waals surface area contributed by atoms with Gasteiger partial charge in [0.25, 0.3) is 0 Å². The molecule has 2 heterocycles. The Kier molecular flexibility index (Phi) is 7.29. The van der Waals surface area contributed by atoms with Crippen molar-refractivity contribution < 1.29 is 4.79 Å². The average molecular weight is 384 g/mol. The van der Waals surface area contributed by atoms with Gasteiger partial charge in [-0.05, 0) is 24.6 Å². The number of hydrogen-bond donors (Lipinski definition) is 2. The smallest absolute Gasteiger partial charge is 0.242 e. The van der Waals surface area contributed by atoms with Gasteiger partial charge in [0, 0.05) is 64.4 Å². The van der Waals surface area contributed by atoms with E-state index in [0.717, 1.165) is 45.7 Å². The Balaban J connectivity index is 1.34. The highest BCUT2D eigenvalue weighted by Gasteiger charge is 2.21. The van der Waals surface area contributed by atoms with Crippen molar-refractivity contribution in [3.05, 3.63) is 48.8 Å². The standard InChI is InChI=1S/C20H29N7O/c1-21-20(22-9-5-11-27-12-6-10-24-27)23-17-19(28)26-15-13-25(14-16-26)18-7-3-2-4-8-18/h2-4,6-8,10,12H,5,9,11,13-17H2,1H3,(H2,21,22,23). The number of benzene rings is 1. The molecule has 1 aromatic heterocycles. The summed E-state index contributed by atoms with van der Waals surface area (Å²) in [5.41, 5.74) is 1.22. The van der Waals surface area contributed by atoms with Gasteiger partial charge >= 0.3 is 0 Å². The number of carbonyl (C=O) groups is 1. The fourth-order valence-electron chi connectivity index (χ4n) is 3.23. The number of carbonyl (C=O) groups excluding carboxylic acids is 1. The summed E-state index contributed by atoms with van der Waals surface area (Å²) < 4.78 is 1.90. The molecule has 3 rings (SSSR count). The van der Waals surface area contributed by atoms with Gasteiger partial charge in [0.15, 0.2) is 5.96 Å². The Labute approximate surface area is 166 Å². The number of piperazine rings is 1. The molecule has 2 aromatic rings. The molecule has 2 N–H and O–H groups in total. The van der Waals surface area contributed by atoms with Crippen LogP contribution in [0, 0.1) is 0 Å². The van der Waals surface area contributed by atoms with Crippen LogP contribution in [-0.2, 0) is 11.3 Å². The van der Waals surface area contributed by atoms with E-state index in [-0.39, 0.29) is 12.5 Å². The lowest BCUT2D eigenvalue weighted by molar-refractivity contribution is -0.130. The summed E-state index contributed by atoms with van der Waals surface area (Å²) in [4.78, 5) is 20.9. The molecule has 8 heteroatoms. The van der Waals surface area contributed by atoms with Crippen LogP contribution in [-0.4, -0.2) is 72.9 Å². The maximum atomic E-state index is 12.5. The SMILES string of the molecule is CN=C(NCCCn1cccn1)NCC(=O)N1CCN(c2ccccc2)CC1. The Hall–Kier alpha value is -3.03. The fourth-order valence-corrected chi connectivity index (χ4v) is 3.23. The first-order valence-corrected chi connectivity index (χ1v) is 9.76. The molecule has 0 spiro atoms. The van der Waals surface area contributed by atoms with Gasteiger partial charge in [0.1, 0.15) is 0 Å². The first-order chi connectivity index (χ1) is 13.8. The van der Waals surface area contributed by atoms with Gasteiger partial charge in [0.2, 0.25) is 5.91 Å². The normalized spacial score (nSPS) is 14.8. The third-order valence-corrected chi connectivity index (χ3v) is 4.80. The number of anilines is 1. The molecule has 150 valence electrons. The Morgan fingerprint density at radius 3 is 2.57 bits per heavy atom. The molecule has 0 atom stereocenters. The van der Waals surface area contributed by atoms with Crippen molar-refractivity contribution in [2.24, 2.45) is 4.99 Å². The van der Waals surface area contributed by atoms with Crippen LogP contribution in [0.2, 0.25) is 0 Å². The fraction of sp³-hybridized carbons (Fsp3) is 0.450. The summed E-state index contributed by atoms with van der Waals surface area (Å²) in [6, 6.07) is 12.3. The van der Waals surface area contributed by atoms with E-state index in [1.54, 1.807) is 13.2 Å². The summed E-state index contributed by atoms with van der Waals surface area (Å²) in [5.74, 6) is 0.754. The van der Waals surface area contributed by atoms with Crippen LogP contribution in [0.25, 0.3) is 0 Å². The molecule has 1 saturated heterocycles. The second-order valence-electron chi connectivity index (χ2n) is 6.68. The van der Waals surface area contributed by atoms with E-state index in [1.807, 2.05) is 40.0 Å². The average Bonchev–Trinajstić information content (AvgIpc) is 3.27. The predicted octanol–water partition coefficient (Wildman–Crippen LogP) is 0.787. The molecule has 0 saturated carbocycles. The van der Waals surface area contributed by atoms with Crippen molar-refractivity contribution in [3.63, 3.8) is 0 Å². The summed E-state index contributed by atoms with van der Waals surface area (Å²) in [6.07, 6.45) is 4.65. The lowest BCUT2D eigenvalue weighted by atomic mass is 10.2. The van der Waals surface area contributed by atoms with Crippen molar-refractivity contribution in [2.75, 3.05) is 51.2 Å². The van der Waals surface area contributed by atoms with Gasteiger partial charge in [0.05, 0.1) is 6.54 Å². The number of rotatable bonds is 7. The molecular weight excluding hydrogens is 354 g/mol. The molecule has 1 amide bonds. The van der Waals surface area contributed by atoms with Gasteiger partial charge < -0.3 is 20.4 Å². The van der Waals surface area contributed by atoms with E-state index in [4.69, 9.17) is 0 Å². The molecular formula is C20H29N7O. The second kappa shape index (κ2) is 10.3. The number of guanidine groups is 1. The third kappa shape index (κ3) is 5.73. The van der Waals surface area contributed by atoms with Gasteiger partial charge in [-0.2, -0.15) is 5.10 Å². The molecule has 1 aliphatic heterocycles. The van der Waals surface area contributed by atoms with Crippen molar-refractivity contribution in [3.8, 4) is 0 Å². The van der Waals surface area contributed by atoms with Gasteiger partial charge in [-0.15, -0.1) is 0 Å². The van der Waals surface area contributed by atoms with E-state index in [0.29, 0.717) is 5.96 Å². The van der Waals surface area contributed by atoms with Gasteiger partial charge in [-0.3, -0.25) is 14.5 Å². The van der Waals surface area contributed by atoms with Crippen LogP contribution < -0.4 is 15.5 Å². The largest absolute Gasteiger partial charge is 0.368 e. The minimum Gasteiger partial charge on any atom is -0.368 e. The van der Waals surface area contributed by atoms with Gasteiger partial charge in [-0.1, -0.05) is 18.2 Å². The summed E-state index contributed by atoms with van der Waals surface area (Å²) in [6.45, 7) is 5.07. The summed E-state index contributed by atoms with van der Waals surface area (Å²) in [7, 11) is 1.71. The molecule has 1 aliphatic rings. The van der Waals surface area contributed by atoms with E-state index < -0.39 is 0 Å². The van der Waals surface area contributed by atoms with Gasteiger partial charge in [-0.25, -0.2) is 0 Å². The molecule has 1 aromatic carbocycles. The number of aliphatic imine (C=N–C) groups is 1. The maximum Gasteiger partial charge on any atom is 0.242 e. The molecule has 8 nitrogen and oxygen atoms in total. The van der Waals surface area contributed by atoms with Crippen LogP contribution in [0.4, 0.5) is 5.69 Å². The van der Waals surface area contributed by atoms with Crippen molar-refractivity contribution in [1.82, 2.24) is 25.3 Å². The van der Waals surface area contributed by atoms with Crippen LogP contribution in [0.5, 0.6) is 0 Å². The number of hydrogen-bond acceptors (Lipinski definition) is 4. The zero-order valence-electron chi connectivity index (χ0n) is 16.4. The quantitative estimate of drug-likeness (QED) is 0.420. The molecule has 0 aliphatic carbocycles. The lowest BCUT2D eigenvalue weighted by Gasteiger charge is -2.36. The Morgan fingerprint density at radius 2 is 1.89 bits per heavy atom. The van der Waals surface area contributed by atoms with Crippen LogP contribution in [0.1, 0.15) is 6.42 Å². The van der Waals surface area contributed by atoms with Crippen molar-refractivity contribution in [1.29, 1.82) is 0 Å². The lowest BCUT2D eigenvalue weighted by Crippen LogP contribution is -2.52. The zero-order chi connectivity index (χ0) is 19.6. The molecule has 0 bridgehead atoms. The number of aryl methyl sites for hydroxylation is 1. The number of amides is 1. The highest BCUT2D eigenvalue weighted by atomic mass is 16.2. The highest BCUT2D eigenvalue weighted by Crippen LogP contribution is 2.15. The number of aromatic nitrogens is 2. The predicted molar refractivity (Wildman–Crippen MR) is 111 cm³/mol. The minimum atomic E-state index is 0.104. The molecule has 28 heavy (non-hydrogen) atoms. The van der Waals surface area contributed by atoms with Crippen molar-refractivity contribution >= 4 is 17.6 Å². The maximum absolute atomic E-state index is 12.5. The number of para-hydroxylation sites is 1. The number of nitrogens with zero attached hydrogens (tertiary/aromatic N) is 5. The zero-order valence-corrected chi connectivity index (χ0v) is 16.4. The van der Waals surface area contributed by atoms with Crippen LogP contribution in [0.15, 0.2) is 53.8 Å². The topological polar surface area (TPSA) is 77.8 Å². The third-order valence-electron chi connectivity index (χ3n) is 4.80. The monoisotopic (exact) mass is 383 g/mol. The van der Waals surface area contributed by atoms with E-state index in [1.165, 1.54) is 5.69 Å². The van der Waals surface area contributed by atoms with Crippen LogP contribution >= 0.6 is 0 Å². The highest BCUT2D eigenvalue weighted by molar-refractivity contribution is 5.86. The first-order valence-electron chi connectivity index (χ1n) is 9.76. The first kappa shape index (κ1) is 19.7. The van der Waals surface area contributed by atoms with Crippen molar-refractivity contribution in [2.45, 2.75) is 13.0 Å². The van der Waals surface area contributed by atoms with Crippen LogP contribution in [0.3, 0.4) is 0 Å². The minimum absolute atomic E-state index is 0.104. The molecule has 1 fully saturated rings. The summed E-state index contributed by atoms with van der Waals surface area (Å²) in [5, 5.41) is 10.5.